The number of benzene rings is 1. The van der Waals surface area contributed by atoms with Gasteiger partial charge in [0.2, 0.25) is 0 Å². The molecule has 1 amide bonds. The SMILES string of the molecule is CCOC[C@H]1CCS(=O)(=O)C12CN(C(=O)c1cccc(Cl)c1)C2. The van der Waals surface area contributed by atoms with Crippen molar-refractivity contribution in [1.82, 2.24) is 4.90 Å². The Morgan fingerprint density at radius 2 is 2.17 bits per heavy atom. The number of halogens is 1. The van der Waals surface area contributed by atoms with Crippen LogP contribution in [0.5, 0.6) is 0 Å². The zero-order chi connectivity index (χ0) is 16.7. The van der Waals surface area contributed by atoms with Gasteiger partial charge in [-0.25, -0.2) is 8.42 Å². The van der Waals surface area contributed by atoms with E-state index in [9.17, 15) is 13.2 Å². The minimum absolute atomic E-state index is 0.0316. The highest BCUT2D eigenvalue weighted by atomic mass is 35.5. The minimum Gasteiger partial charge on any atom is -0.381 e. The second-order valence-corrected chi connectivity index (χ2v) is 9.09. The zero-order valence-corrected chi connectivity index (χ0v) is 14.6. The van der Waals surface area contributed by atoms with E-state index < -0.39 is 14.6 Å². The lowest BCUT2D eigenvalue weighted by atomic mass is 9.83. The molecule has 2 aliphatic heterocycles. The average Bonchev–Trinajstić information content (AvgIpc) is 2.73. The molecule has 1 aromatic carbocycles. The van der Waals surface area contributed by atoms with Gasteiger partial charge in [0.1, 0.15) is 4.75 Å². The van der Waals surface area contributed by atoms with Crippen molar-refractivity contribution in [2.45, 2.75) is 18.1 Å². The van der Waals surface area contributed by atoms with Crippen LogP contribution in [-0.4, -0.2) is 56.0 Å². The van der Waals surface area contributed by atoms with E-state index in [1.807, 2.05) is 6.92 Å². The molecule has 0 aliphatic carbocycles. The quantitative estimate of drug-likeness (QED) is 0.826. The Morgan fingerprint density at radius 3 is 2.83 bits per heavy atom. The maximum atomic E-state index is 12.5. The molecule has 0 saturated carbocycles. The first-order chi connectivity index (χ1) is 10.9. The highest BCUT2D eigenvalue weighted by Gasteiger charge is 2.62. The third-order valence-electron chi connectivity index (χ3n) is 4.90. The Bertz CT molecular complexity index is 713. The smallest absolute Gasteiger partial charge is 0.254 e. The molecule has 0 radical (unpaired) electrons. The van der Waals surface area contributed by atoms with Crippen LogP contribution in [0.25, 0.3) is 0 Å². The standard InChI is InChI=1S/C16H20ClNO4S/c1-2-22-9-13-6-7-23(20,21)16(13)10-18(11-16)15(19)12-4-3-5-14(17)8-12/h3-5,8,13H,2,6-7,9-11H2,1H3/t13-/m1/s1. The van der Waals surface area contributed by atoms with Crippen LogP contribution < -0.4 is 0 Å². The molecule has 0 N–H and O–H groups in total. The Labute approximate surface area is 141 Å². The molecule has 126 valence electrons. The van der Waals surface area contributed by atoms with Crippen molar-refractivity contribution in [3.8, 4) is 0 Å². The summed E-state index contributed by atoms with van der Waals surface area (Å²) >= 11 is 5.92. The lowest BCUT2D eigenvalue weighted by Crippen LogP contribution is -2.68. The van der Waals surface area contributed by atoms with E-state index >= 15 is 0 Å². The van der Waals surface area contributed by atoms with Crippen LogP contribution in [0.15, 0.2) is 24.3 Å². The van der Waals surface area contributed by atoms with Gasteiger partial charge in [-0.05, 0) is 31.5 Å². The Balaban J connectivity index is 1.76. The summed E-state index contributed by atoms with van der Waals surface area (Å²) in [7, 11) is -3.19. The van der Waals surface area contributed by atoms with Crippen molar-refractivity contribution in [2.75, 3.05) is 32.1 Å². The molecule has 5 nitrogen and oxygen atoms in total. The molecule has 23 heavy (non-hydrogen) atoms. The highest BCUT2D eigenvalue weighted by molar-refractivity contribution is 7.93. The fourth-order valence-electron chi connectivity index (χ4n) is 3.52. The number of nitrogens with zero attached hydrogens (tertiary/aromatic N) is 1. The fraction of sp³-hybridized carbons (Fsp3) is 0.562. The monoisotopic (exact) mass is 357 g/mol. The summed E-state index contributed by atoms with van der Waals surface area (Å²) in [5, 5.41) is 0.494. The van der Waals surface area contributed by atoms with Gasteiger partial charge in [-0.1, -0.05) is 17.7 Å². The summed E-state index contributed by atoms with van der Waals surface area (Å²) in [4.78, 5) is 14.1. The number of sulfone groups is 1. The van der Waals surface area contributed by atoms with Gasteiger partial charge in [-0.15, -0.1) is 0 Å². The van der Waals surface area contributed by atoms with Crippen molar-refractivity contribution < 1.29 is 17.9 Å². The van der Waals surface area contributed by atoms with Crippen LogP contribution >= 0.6 is 11.6 Å². The van der Waals surface area contributed by atoms with Gasteiger partial charge < -0.3 is 9.64 Å². The first-order valence-electron chi connectivity index (χ1n) is 7.74. The number of carbonyl (C=O) groups is 1. The van der Waals surface area contributed by atoms with E-state index in [0.717, 1.165) is 0 Å². The number of likely N-dealkylation sites (tertiary alicyclic amines) is 1. The molecule has 0 unspecified atom stereocenters. The molecule has 1 spiro atoms. The summed E-state index contributed by atoms with van der Waals surface area (Å²) in [6, 6.07) is 6.72. The summed E-state index contributed by atoms with van der Waals surface area (Å²) in [6.07, 6.45) is 0.613. The van der Waals surface area contributed by atoms with Crippen molar-refractivity contribution in [3.63, 3.8) is 0 Å². The molecule has 1 aromatic rings. The van der Waals surface area contributed by atoms with Crippen molar-refractivity contribution >= 4 is 27.3 Å². The van der Waals surface area contributed by atoms with Crippen LogP contribution in [0.1, 0.15) is 23.7 Å². The molecule has 7 heteroatoms. The Morgan fingerprint density at radius 1 is 1.43 bits per heavy atom. The number of carbonyl (C=O) groups excluding carboxylic acids is 1. The number of amides is 1. The predicted octanol–water partition coefficient (Wildman–Crippen LogP) is 2.01. The van der Waals surface area contributed by atoms with Gasteiger partial charge in [-0.2, -0.15) is 0 Å². The summed E-state index contributed by atoms with van der Waals surface area (Å²) in [5.74, 6) is -0.0181. The molecule has 2 saturated heterocycles. The van der Waals surface area contributed by atoms with Crippen LogP contribution in [-0.2, 0) is 14.6 Å². The van der Waals surface area contributed by atoms with E-state index in [1.54, 1.807) is 29.2 Å². The Kier molecular flexibility index (Phi) is 4.42. The number of hydrogen-bond donors (Lipinski definition) is 0. The zero-order valence-electron chi connectivity index (χ0n) is 13.0. The molecule has 3 rings (SSSR count). The summed E-state index contributed by atoms with van der Waals surface area (Å²) < 4.78 is 29.6. The molecular formula is C16H20ClNO4S. The predicted molar refractivity (Wildman–Crippen MR) is 88.5 cm³/mol. The molecule has 2 aliphatic rings. The van der Waals surface area contributed by atoms with Crippen LogP contribution in [0.4, 0.5) is 0 Å². The van der Waals surface area contributed by atoms with Gasteiger partial charge in [0.25, 0.3) is 5.91 Å². The molecule has 0 aromatic heterocycles. The van der Waals surface area contributed by atoms with Gasteiger partial charge >= 0.3 is 0 Å². The molecule has 2 fully saturated rings. The van der Waals surface area contributed by atoms with E-state index in [4.69, 9.17) is 16.3 Å². The van der Waals surface area contributed by atoms with Crippen LogP contribution in [0, 0.1) is 5.92 Å². The Hall–Kier alpha value is -1.11. The first-order valence-corrected chi connectivity index (χ1v) is 9.77. The minimum atomic E-state index is -3.19. The molecular weight excluding hydrogens is 338 g/mol. The second-order valence-electron chi connectivity index (χ2n) is 6.20. The normalized spacial score (nSPS) is 24.6. The third kappa shape index (κ3) is 2.77. The third-order valence-corrected chi connectivity index (χ3v) is 7.74. The summed E-state index contributed by atoms with van der Waals surface area (Å²) in [5.41, 5.74) is 0.490. The van der Waals surface area contributed by atoms with Crippen LogP contribution in [0.2, 0.25) is 5.02 Å². The van der Waals surface area contributed by atoms with Crippen molar-refractivity contribution in [1.29, 1.82) is 0 Å². The second kappa shape index (κ2) is 6.07. The average molecular weight is 358 g/mol. The number of hydrogen-bond acceptors (Lipinski definition) is 4. The van der Waals surface area contributed by atoms with E-state index in [2.05, 4.69) is 0 Å². The number of rotatable bonds is 4. The lowest BCUT2D eigenvalue weighted by molar-refractivity contribution is 0.0271. The van der Waals surface area contributed by atoms with Gasteiger partial charge in [0.15, 0.2) is 9.84 Å². The van der Waals surface area contributed by atoms with Crippen LogP contribution in [0.3, 0.4) is 0 Å². The van der Waals surface area contributed by atoms with Gasteiger partial charge in [0.05, 0.1) is 12.4 Å². The van der Waals surface area contributed by atoms with Gasteiger partial charge in [0, 0.05) is 36.2 Å². The largest absolute Gasteiger partial charge is 0.381 e. The van der Waals surface area contributed by atoms with Gasteiger partial charge in [-0.3, -0.25) is 4.79 Å². The molecule has 0 bridgehead atoms. The lowest BCUT2D eigenvalue weighted by Gasteiger charge is -2.49. The highest BCUT2D eigenvalue weighted by Crippen LogP contribution is 2.45. The number of ether oxygens (including phenoxy) is 1. The maximum Gasteiger partial charge on any atom is 0.254 e. The van der Waals surface area contributed by atoms with Crippen molar-refractivity contribution in [2.24, 2.45) is 5.92 Å². The molecule has 1 atom stereocenters. The van der Waals surface area contributed by atoms with E-state index in [0.29, 0.717) is 30.2 Å². The topological polar surface area (TPSA) is 63.7 Å². The fourth-order valence-corrected chi connectivity index (χ4v) is 6.11. The maximum absolute atomic E-state index is 12.5. The molecule has 2 heterocycles. The van der Waals surface area contributed by atoms with E-state index in [1.165, 1.54) is 0 Å². The van der Waals surface area contributed by atoms with E-state index in [-0.39, 0.29) is 30.7 Å². The van der Waals surface area contributed by atoms with Crippen molar-refractivity contribution in [3.05, 3.63) is 34.9 Å². The summed E-state index contributed by atoms with van der Waals surface area (Å²) in [6.45, 7) is 3.40. The first kappa shape index (κ1) is 16.7.